The zero-order valence-corrected chi connectivity index (χ0v) is 11.0. The molecule has 0 spiro atoms. The number of piperidine rings is 1. The Morgan fingerprint density at radius 2 is 1.80 bits per heavy atom. The van der Waals surface area contributed by atoms with Gasteiger partial charge in [-0.3, -0.25) is 0 Å². The lowest BCUT2D eigenvalue weighted by molar-refractivity contribution is 0.212. The van der Waals surface area contributed by atoms with Gasteiger partial charge in [0.2, 0.25) is 0 Å². The van der Waals surface area contributed by atoms with Crippen molar-refractivity contribution in [3.8, 4) is 0 Å². The van der Waals surface area contributed by atoms with Gasteiger partial charge in [-0.05, 0) is 57.3 Å². The lowest BCUT2D eigenvalue weighted by atomic mass is 9.91. The van der Waals surface area contributed by atoms with Crippen molar-refractivity contribution in [2.45, 2.75) is 40.0 Å². The van der Waals surface area contributed by atoms with Crippen molar-refractivity contribution in [3.05, 3.63) is 0 Å². The highest BCUT2D eigenvalue weighted by Crippen LogP contribution is 2.19. The Labute approximate surface area is 95.4 Å². The van der Waals surface area contributed by atoms with Crippen molar-refractivity contribution in [2.75, 3.05) is 33.2 Å². The first-order valence-electron chi connectivity index (χ1n) is 6.37. The van der Waals surface area contributed by atoms with Crippen molar-refractivity contribution in [1.29, 1.82) is 0 Å². The molecule has 0 amide bonds. The highest BCUT2D eigenvalue weighted by atomic mass is 15.1. The van der Waals surface area contributed by atoms with Crippen LogP contribution in [0.5, 0.6) is 0 Å². The summed E-state index contributed by atoms with van der Waals surface area (Å²) >= 11 is 0. The van der Waals surface area contributed by atoms with Crippen LogP contribution >= 0.6 is 0 Å². The molecule has 0 saturated carbocycles. The first kappa shape index (κ1) is 13.0. The standard InChI is InChI=1S/C13H28N2/c1-13(2,3)7-10-15(4)11-12-5-8-14-9-6-12/h12,14H,5-11H2,1-4H3. The largest absolute Gasteiger partial charge is 0.317 e. The fourth-order valence-corrected chi connectivity index (χ4v) is 2.12. The number of nitrogens with one attached hydrogen (secondary N) is 1. The van der Waals surface area contributed by atoms with E-state index in [-0.39, 0.29) is 0 Å². The zero-order chi connectivity index (χ0) is 11.3. The maximum atomic E-state index is 3.43. The van der Waals surface area contributed by atoms with Crippen molar-refractivity contribution < 1.29 is 0 Å². The first-order valence-corrected chi connectivity index (χ1v) is 6.37. The molecule has 0 aromatic heterocycles. The van der Waals surface area contributed by atoms with Crippen molar-refractivity contribution >= 4 is 0 Å². The minimum absolute atomic E-state index is 0.475. The number of nitrogens with zero attached hydrogens (tertiary/aromatic N) is 1. The Balaban J connectivity index is 2.14. The summed E-state index contributed by atoms with van der Waals surface area (Å²) in [7, 11) is 2.27. The van der Waals surface area contributed by atoms with Gasteiger partial charge in [0.25, 0.3) is 0 Å². The van der Waals surface area contributed by atoms with Gasteiger partial charge >= 0.3 is 0 Å². The summed E-state index contributed by atoms with van der Waals surface area (Å²) in [5.74, 6) is 0.927. The summed E-state index contributed by atoms with van der Waals surface area (Å²) in [4.78, 5) is 2.52. The van der Waals surface area contributed by atoms with Crippen LogP contribution in [0.2, 0.25) is 0 Å². The molecular formula is C13H28N2. The Morgan fingerprint density at radius 3 is 2.33 bits per heavy atom. The van der Waals surface area contributed by atoms with E-state index in [9.17, 15) is 0 Å². The average molecular weight is 212 g/mol. The molecule has 0 aromatic carbocycles. The van der Waals surface area contributed by atoms with Gasteiger partial charge in [0.1, 0.15) is 0 Å². The van der Waals surface area contributed by atoms with E-state index < -0.39 is 0 Å². The maximum absolute atomic E-state index is 3.43. The van der Waals surface area contributed by atoms with E-state index in [2.05, 4.69) is 38.0 Å². The number of rotatable bonds is 4. The van der Waals surface area contributed by atoms with E-state index in [1.165, 1.54) is 45.4 Å². The van der Waals surface area contributed by atoms with E-state index in [0.29, 0.717) is 5.41 Å². The minimum atomic E-state index is 0.475. The third kappa shape index (κ3) is 6.16. The van der Waals surface area contributed by atoms with E-state index >= 15 is 0 Å². The molecule has 0 unspecified atom stereocenters. The summed E-state index contributed by atoms with van der Waals surface area (Å²) in [6.07, 6.45) is 4.02. The minimum Gasteiger partial charge on any atom is -0.317 e. The first-order chi connectivity index (χ1) is 6.97. The Hall–Kier alpha value is -0.0800. The van der Waals surface area contributed by atoms with Crippen LogP contribution in [0.4, 0.5) is 0 Å². The predicted octanol–water partition coefficient (Wildman–Crippen LogP) is 2.35. The fourth-order valence-electron chi connectivity index (χ4n) is 2.12. The van der Waals surface area contributed by atoms with Crippen LogP contribution in [0.25, 0.3) is 0 Å². The predicted molar refractivity (Wildman–Crippen MR) is 67.2 cm³/mol. The second kappa shape index (κ2) is 5.86. The molecule has 1 fully saturated rings. The topological polar surface area (TPSA) is 15.3 Å². The number of hydrogen-bond acceptors (Lipinski definition) is 2. The second-order valence-corrected chi connectivity index (χ2v) is 6.27. The van der Waals surface area contributed by atoms with Crippen molar-refractivity contribution in [2.24, 2.45) is 11.3 Å². The molecule has 2 nitrogen and oxygen atoms in total. The molecule has 0 aromatic rings. The summed E-state index contributed by atoms with van der Waals surface area (Å²) in [6.45, 7) is 11.9. The Morgan fingerprint density at radius 1 is 1.20 bits per heavy atom. The summed E-state index contributed by atoms with van der Waals surface area (Å²) in [6, 6.07) is 0. The molecule has 0 bridgehead atoms. The zero-order valence-electron chi connectivity index (χ0n) is 11.0. The summed E-state index contributed by atoms with van der Waals surface area (Å²) in [5.41, 5.74) is 0.475. The highest BCUT2D eigenvalue weighted by molar-refractivity contribution is 4.72. The lowest BCUT2D eigenvalue weighted by Crippen LogP contribution is -2.35. The Kier molecular flexibility index (Phi) is 5.07. The summed E-state index contributed by atoms with van der Waals surface area (Å²) in [5, 5.41) is 3.43. The molecule has 1 N–H and O–H groups in total. The average Bonchev–Trinajstić information content (AvgIpc) is 2.15. The SMILES string of the molecule is CN(CCC(C)(C)C)CC1CCNCC1. The van der Waals surface area contributed by atoms with Crippen LogP contribution in [-0.2, 0) is 0 Å². The van der Waals surface area contributed by atoms with Gasteiger partial charge in [0, 0.05) is 6.54 Å². The van der Waals surface area contributed by atoms with Gasteiger partial charge in [0.05, 0.1) is 0 Å². The molecule has 1 saturated heterocycles. The molecule has 1 aliphatic heterocycles. The lowest BCUT2D eigenvalue weighted by Gasteiger charge is -2.29. The maximum Gasteiger partial charge on any atom is 0.000756 e. The van der Waals surface area contributed by atoms with Crippen LogP contribution in [0, 0.1) is 11.3 Å². The van der Waals surface area contributed by atoms with E-state index in [1.807, 2.05) is 0 Å². The van der Waals surface area contributed by atoms with Gasteiger partial charge < -0.3 is 10.2 Å². The molecule has 0 radical (unpaired) electrons. The van der Waals surface area contributed by atoms with E-state index in [0.717, 1.165) is 5.92 Å². The third-order valence-corrected chi connectivity index (χ3v) is 3.27. The second-order valence-electron chi connectivity index (χ2n) is 6.27. The van der Waals surface area contributed by atoms with E-state index in [4.69, 9.17) is 0 Å². The van der Waals surface area contributed by atoms with Gasteiger partial charge in [-0.15, -0.1) is 0 Å². The highest BCUT2D eigenvalue weighted by Gasteiger charge is 2.16. The molecule has 1 aliphatic rings. The molecule has 90 valence electrons. The van der Waals surface area contributed by atoms with Gasteiger partial charge in [-0.25, -0.2) is 0 Å². The molecule has 1 rings (SSSR count). The van der Waals surface area contributed by atoms with Crippen LogP contribution < -0.4 is 5.32 Å². The van der Waals surface area contributed by atoms with Gasteiger partial charge in [0.15, 0.2) is 0 Å². The molecule has 1 heterocycles. The molecular weight excluding hydrogens is 184 g/mol. The van der Waals surface area contributed by atoms with Crippen molar-refractivity contribution in [1.82, 2.24) is 10.2 Å². The smallest absolute Gasteiger partial charge is 0.000756 e. The molecule has 0 aliphatic carbocycles. The van der Waals surface area contributed by atoms with Crippen LogP contribution in [0.15, 0.2) is 0 Å². The van der Waals surface area contributed by atoms with E-state index in [1.54, 1.807) is 0 Å². The van der Waals surface area contributed by atoms with Crippen LogP contribution in [0.1, 0.15) is 40.0 Å². The fraction of sp³-hybridized carbons (Fsp3) is 1.00. The Bertz CT molecular complexity index is 166. The molecule has 15 heavy (non-hydrogen) atoms. The molecule has 2 heteroatoms. The van der Waals surface area contributed by atoms with Gasteiger partial charge in [-0.1, -0.05) is 20.8 Å². The van der Waals surface area contributed by atoms with Crippen LogP contribution in [0.3, 0.4) is 0 Å². The van der Waals surface area contributed by atoms with Gasteiger partial charge in [-0.2, -0.15) is 0 Å². The quantitative estimate of drug-likeness (QED) is 0.769. The third-order valence-electron chi connectivity index (χ3n) is 3.27. The summed E-state index contributed by atoms with van der Waals surface area (Å²) < 4.78 is 0. The normalized spacial score (nSPS) is 19.8. The van der Waals surface area contributed by atoms with Crippen molar-refractivity contribution in [3.63, 3.8) is 0 Å². The number of hydrogen-bond donors (Lipinski definition) is 1. The van der Waals surface area contributed by atoms with Crippen LogP contribution in [-0.4, -0.2) is 38.1 Å². The monoisotopic (exact) mass is 212 g/mol. The molecule has 0 atom stereocenters.